The van der Waals surface area contributed by atoms with Crippen LogP contribution in [-0.4, -0.2) is 259 Å². The normalized spacial score (nSPS) is 20.2. The third-order valence-corrected chi connectivity index (χ3v) is 19.1. The highest BCUT2D eigenvalue weighted by Crippen LogP contribution is 2.33. The SMILES string of the molecule is CC[C@H](C)[C@@H]([C@@H](CC(=O)N1CCC[C@H]1C[C@@H](C)C(=O)N[C@H](C)[C@@H](O)c1ccccc1)OC)N(C)C(=O)[C@@H](NC(=O)[C@H](C(C)C)N(C)C(=O)OCc1ccc(NC(=O)[C@H](C)NC(=O)[C@@H](NC(=O)CCOCCOCCOCCOCCC(=O)C(C)C)C(C)C)c(O[C@@H]2O[C@H](C(=O)O)[C@@H](O)[C@H](O)[C@H]2O)c1)C(C)C. The molecule has 0 aromatic heterocycles. The first-order valence-corrected chi connectivity index (χ1v) is 36.8. The van der Waals surface area contributed by atoms with E-state index in [4.69, 9.17) is 37.9 Å². The van der Waals surface area contributed by atoms with E-state index in [0.29, 0.717) is 70.8 Å². The van der Waals surface area contributed by atoms with Crippen LogP contribution in [-0.2, 0) is 82.9 Å². The van der Waals surface area contributed by atoms with Gasteiger partial charge in [0, 0.05) is 58.5 Å². The van der Waals surface area contributed by atoms with Crippen LogP contribution >= 0.6 is 0 Å². The maximum atomic E-state index is 14.9. The van der Waals surface area contributed by atoms with Crippen molar-refractivity contribution in [1.29, 1.82) is 0 Å². The Morgan fingerprint density at radius 2 is 1.25 bits per heavy atom. The van der Waals surface area contributed by atoms with Crippen molar-refractivity contribution < 1.29 is 111 Å². The van der Waals surface area contributed by atoms with E-state index in [-0.39, 0.29) is 85.1 Å². The summed E-state index contributed by atoms with van der Waals surface area (Å²) in [7, 11) is 4.42. The van der Waals surface area contributed by atoms with Crippen molar-refractivity contribution in [2.45, 2.75) is 227 Å². The molecule has 598 valence electrons. The summed E-state index contributed by atoms with van der Waals surface area (Å²) in [5.74, 6) is -7.78. The van der Waals surface area contributed by atoms with Crippen LogP contribution in [0.1, 0.15) is 152 Å². The van der Waals surface area contributed by atoms with Gasteiger partial charge in [0.1, 0.15) is 60.6 Å². The van der Waals surface area contributed by atoms with Crippen molar-refractivity contribution in [1.82, 2.24) is 36.0 Å². The zero-order valence-electron chi connectivity index (χ0n) is 64.6. The Bertz CT molecular complexity index is 3130. The lowest BCUT2D eigenvalue weighted by atomic mass is 9.89. The quantitative estimate of drug-likeness (QED) is 0.0420. The lowest BCUT2D eigenvalue weighted by Crippen LogP contribution is -2.61. The minimum absolute atomic E-state index is 0.0136. The van der Waals surface area contributed by atoms with Crippen molar-refractivity contribution in [3.63, 3.8) is 0 Å². The minimum Gasteiger partial charge on any atom is -0.479 e. The second-order valence-electron chi connectivity index (χ2n) is 28.8. The number of aliphatic carboxylic acids is 1. The van der Waals surface area contributed by atoms with Crippen molar-refractivity contribution in [2.24, 2.45) is 35.5 Å². The highest BCUT2D eigenvalue weighted by molar-refractivity contribution is 5.99. The van der Waals surface area contributed by atoms with E-state index < -0.39 is 151 Å². The van der Waals surface area contributed by atoms with Gasteiger partial charge in [0.15, 0.2) is 6.10 Å². The average molecular weight is 1500 g/mol. The van der Waals surface area contributed by atoms with E-state index in [0.717, 1.165) is 11.3 Å². The number of aliphatic hydroxyl groups excluding tert-OH is 4. The molecule has 0 bridgehead atoms. The number of amides is 8. The summed E-state index contributed by atoms with van der Waals surface area (Å²) in [5, 5.41) is 66.5. The number of hydrogen-bond donors (Lipinski definition) is 10. The molecule has 0 spiro atoms. The third-order valence-electron chi connectivity index (χ3n) is 19.1. The van der Waals surface area contributed by atoms with Gasteiger partial charge in [0.05, 0.1) is 89.3 Å². The van der Waals surface area contributed by atoms with Gasteiger partial charge in [-0.15, -0.1) is 0 Å². The van der Waals surface area contributed by atoms with Gasteiger partial charge in [0.25, 0.3) is 0 Å². The number of carbonyl (C=O) groups excluding carboxylic acids is 9. The van der Waals surface area contributed by atoms with Crippen LogP contribution in [0.25, 0.3) is 0 Å². The molecule has 31 heteroatoms. The molecule has 4 rings (SSSR count). The number of anilines is 1. The van der Waals surface area contributed by atoms with Gasteiger partial charge in [-0.25, -0.2) is 9.59 Å². The molecule has 0 unspecified atom stereocenters. The summed E-state index contributed by atoms with van der Waals surface area (Å²) in [6, 6.07) is 6.79. The van der Waals surface area contributed by atoms with Gasteiger partial charge in [-0.1, -0.05) is 119 Å². The van der Waals surface area contributed by atoms with Gasteiger partial charge in [-0.05, 0) is 80.0 Å². The number of nitrogens with one attached hydrogen (secondary N) is 5. The molecule has 2 aliphatic heterocycles. The Hall–Kier alpha value is -7.46. The van der Waals surface area contributed by atoms with E-state index in [1.165, 1.54) is 44.2 Å². The number of ketones is 1. The summed E-state index contributed by atoms with van der Waals surface area (Å²) in [4.78, 5) is 140. The van der Waals surface area contributed by atoms with Crippen LogP contribution < -0.4 is 31.3 Å². The number of ether oxygens (including phenoxy) is 8. The maximum Gasteiger partial charge on any atom is 0.410 e. The maximum absolute atomic E-state index is 14.9. The molecule has 2 aromatic rings. The van der Waals surface area contributed by atoms with Crippen molar-refractivity contribution in [3.8, 4) is 5.75 Å². The number of aliphatic hydroxyl groups is 4. The molecule has 2 saturated heterocycles. The number of likely N-dealkylation sites (N-methyl/N-ethyl adjacent to an activating group) is 2. The number of benzene rings is 2. The van der Waals surface area contributed by atoms with Crippen LogP contribution in [0.5, 0.6) is 5.75 Å². The molecule has 0 radical (unpaired) electrons. The van der Waals surface area contributed by atoms with Gasteiger partial charge in [-0.2, -0.15) is 0 Å². The number of likely N-dealkylation sites (tertiary alicyclic amines) is 1. The summed E-state index contributed by atoms with van der Waals surface area (Å²) in [6.07, 6.45) is -10.4. The van der Waals surface area contributed by atoms with E-state index in [1.54, 1.807) is 79.5 Å². The standard InChI is InChI=1S/C75H120N8O23/c1-17-46(10)62(56(99-16)40-58(86)83-29-21-24-52(83)38-47(11)68(91)76-48(12)63(87)51-22-19-18-20-23-51)81(14)72(95)60(44(6)7)80-71(94)61(45(8)9)82(15)75(98)104-41-50-25-26-53(55(39-50)105-74-66(90)64(88)65(89)67(106-74)73(96)97)78-69(92)49(13)77-70(93)59(43(4)5)79-57(85)28-31-101-33-35-103-37-36-102-34-32-100-30-27-54(84)42(2)3/h18-20,22-23,25-26,39,42-49,52,56,59-67,74,87-90H,17,21,24,27-38,40-41H2,1-16H3,(H,76,91)(H,77,93)(H,78,92)(H,79,85)(H,80,94)(H,96,97)/t46-,47+,48+,49-,52-,56+,59-,60-,61-,62-,63+,64-,65-,66+,67-,74+/m0/s1. The summed E-state index contributed by atoms with van der Waals surface area (Å²) in [6.45, 7) is 24.8. The predicted molar refractivity (Wildman–Crippen MR) is 389 cm³/mol. The molecule has 2 aliphatic rings. The Kier molecular flexibility index (Phi) is 38.9. The van der Waals surface area contributed by atoms with Crippen molar-refractivity contribution in [2.75, 3.05) is 85.9 Å². The monoisotopic (exact) mass is 1500 g/mol. The Morgan fingerprint density at radius 1 is 0.660 bits per heavy atom. The zero-order valence-corrected chi connectivity index (χ0v) is 64.6. The number of rotatable bonds is 46. The molecule has 0 saturated carbocycles. The number of carboxylic acids is 1. The summed E-state index contributed by atoms with van der Waals surface area (Å²) in [5.41, 5.74) is 0.677. The van der Waals surface area contributed by atoms with Crippen molar-refractivity contribution in [3.05, 3.63) is 59.7 Å². The lowest BCUT2D eigenvalue weighted by molar-refractivity contribution is -0.271. The molecule has 2 heterocycles. The van der Waals surface area contributed by atoms with Crippen LogP contribution in [0, 0.1) is 35.5 Å². The van der Waals surface area contributed by atoms with E-state index in [2.05, 4.69) is 26.6 Å². The smallest absolute Gasteiger partial charge is 0.410 e. The van der Waals surface area contributed by atoms with Gasteiger partial charge >= 0.3 is 12.1 Å². The number of carbonyl (C=O) groups is 10. The van der Waals surface area contributed by atoms with Crippen LogP contribution in [0.15, 0.2) is 48.5 Å². The predicted octanol–water partition coefficient (Wildman–Crippen LogP) is 3.88. The fraction of sp³-hybridized carbons (Fsp3) is 0.707. The molecule has 8 amide bonds. The first kappa shape index (κ1) is 90.9. The van der Waals surface area contributed by atoms with E-state index in [1.807, 2.05) is 45.9 Å². The van der Waals surface area contributed by atoms with Crippen LogP contribution in [0.4, 0.5) is 10.5 Å². The number of carboxylic acid groups (broad SMARTS) is 1. The second kappa shape index (κ2) is 45.4. The topological polar surface area (TPSA) is 416 Å². The Balaban J connectivity index is 1.41. The first-order valence-electron chi connectivity index (χ1n) is 36.8. The lowest BCUT2D eigenvalue weighted by Gasteiger charge is -2.40. The third kappa shape index (κ3) is 28.0. The fourth-order valence-electron chi connectivity index (χ4n) is 12.5. The number of methoxy groups -OCH3 is 1. The number of Topliss-reactive ketones (excluding diaryl/α,β-unsaturated/α-hetero) is 1. The Labute approximate surface area is 623 Å². The van der Waals surface area contributed by atoms with Crippen LogP contribution in [0.2, 0.25) is 0 Å². The highest BCUT2D eigenvalue weighted by atomic mass is 16.7. The summed E-state index contributed by atoms with van der Waals surface area (Å²) < 4.78 is 45.0. The summed E-state index contributed by atoms with van der Waals surface area (Å²) >= 11 is 0. The second-order valence-corrected chi connectivity index (χ2v) is 28.8. The molecule has 106 heavy (non-hydrogen) atoms. The zero-order chi connectivity index (χ0) is 79.2. The molecule has 31 nitrogen and oxygen atoms in total. The first-order chi connectivity index (χ1) is 50.1. The fourth-order valence-corrected chi connectivity index (χ4v) is 12.5. The number of hydrogen-bond acceptors (Lipinski definition) is 22. The van der Waals surface area contributed by atoms with Gasteiger partial charge < -0.3 is 99.8 Å². The van der Waals surface area contributed by atoms with Crippen molar-refractivity contribution >= 4 is 64.9 Å². The largest absolute Gasteiger partial charge is 0.479 e. The number of nitrogens with zero attached hydrogens (tertiary/aromatic N) is 3. The molecule has 10 N–H and O–H groups in total. The van der Waals surface area contributed by atoms with Gasteiger partial charge in [-0.3, -0.25) is 43.3 Å². The average Bonchev–Trinajstić information content (AvgIpc) is 0.864. The molecule has 2 fully saturated rings. The van der Waals surface area contributed by atoms with Gasteiger partial charge in [0.2, 0.25) is 47.6 Å². The molecular formula is C75H120N8O23. The molecule has 2 aromatic carbocycles. The minimum atomic E-state index is -2.09. The Morgan fingerprint density at radius 3 is 1.81 bits per heavy atom. The molecular weight excluding hydrogens is 1380 g/mol. The highest BCUT2D eigenvalue weighted by Gasteiger charge is 2.49. The molecule has 0 aliphatic carbocycles. The van der Waals surface area contributed by atoms with Crippen LogP contribution in [0.3, 0.4) is 0 Å². The molecule has 16 atom stereocenters. The van der Waals surface area contributed by atoms with E-state index >= 15 is 0 Å². The van der Waals surface area contributed by atoms with E-state index in [9.17, 15) is 73.5 Å².